The Kier molecular flexibility index (Phi) is 4.57. The average molecular weight is 285 g/mol. The molecule has 2 unspecified atom stereocenters. The fourth-order valence-electron chi connectivity index (χ4n) is 2.23. The Morgan fingerprint density at radius 3 is 2.84 bits per heavy atom. The molecule has 5 N–H and O–H groups in total. The van der Waals surface area contributed by atoms with E-state index >= 15 is 0 Å². The van der Waals surface area contributed by atoms with Gasteiger partial charge >= 0.3 is 0 Å². The van der Waals surface area contributed by atoms with Crippen LogP contribution in [-0.2, 0) is 0 Å². The van der Waals surface area contributed by atoms with E-state index in [4.69, 9.17) is 17.4 Å². The smallest absolute Gasteiger partial charge is 0.251 e. The molecule has 1 heterocycles. The van der Waals surface area contributed by atoms with Gasteiger partial charge in [0.25, 0.3) is 5.91 Å². The number of carbonyl (C=O) groups excluding carboxylic acids is 1. The van der Waals surface area contributed by atoms with Crippen LogP contribution < -0.4 is 16.6 Å². The van der Waals surface area contributed by atoms with Gasteiger partial charge in [0.05, 0.1) is 12.1 Å². The zero-order chi connectivity index (χ0) is 13.8. The molecule has 0 bridgehead atoms. The van der Waals surface area contributed by atoms with Gasteiger partial charge in [0.1, 0.15) is 11.0 Å². The molecule has 104 valence electrons. The summed E-state index contributed by atoms with van der Waals surface area (Å²) in [6, 6.07) is 2.77. The highest BCUT2D eigenvalue weighted by Crippen LogP contribution is 2.19. The molecule has 0 saturated heterocycles. The number of aromatic nitrogens is 1. The number of anilines is 1. The predicted molar refractivity (Wildman–Crippen MR) is 72.8 cm³/mol. The van der Waals surface area contributed by atoms with Crippen LogP contribution in [0.1, 0.15) is 36.0 Å². The number of aliphatic hydroxyl groups excluding tert-OH is 1. The first-order valence-electron chi connectivity index (χ1n) is 6.23. The SMILES string of the molecule is NNc1cc(C(=O)NC2CCCCC2O)cc(Cl)n1. The van der Waals surface area contributed by atoms with E-state index in [-0.39, 0.29) is 17.1 Å². The molecule has 0 aliphatic heterocycles. The summed E-state index contributed by atoms with van der Waals surface area (Å²) in [5.74, 6) is 5.29. The van der Waals surface area contributed by atoms with Crippen LogP contribution in [0.25, 0.3) is 0 Å². The molecule has 19 heavy (non-hydrogen) atoms. The van der Waals surface area contributed by atoms with Crippen molar-refractivity contribution >= 4 is 23.3 Å². The third kappa shape index (κ3) is 3.56. The van der Waals surface area contributed by atoms with Crippen molar-refractivity contribution in [3.8, 4) is 0 Å². The summed E-state index contributed by atoms with van der Waals surface area (Å²) in [7, 11) is 0. The van der Waals surface area contributed by atoms with E-state index in [9.17, 15) is 9.90 Å². The first-order valence-corrected chi connectivity index (χ1v) is 6.61. The predicted octanol–water partition coefficient (Wildman–Crippen LogP) is 1.05. The van der Waals surface area contributed by atoms with E-state index in [1.54, 1.807) is 0 Å². The molecule has 1 aliphatic carbocycles. The first kappa shape index (κ1) is 14.0. The summed E-state index contributed by atoms with van der Waals surface area (Å²) in [6.45, 7) is 0. The van der Waals surface area contributed by atoms with Crippen LogP contribution in [0.15, 0.2) is 12.1 Å². The van der Waals surface area contributed by atoms with Gasteiger partial charge in [-0.15, -0.1) is 0 Å². The van der Waals surface area contributed by atoms with Gasteiger partial charge in [-0.25, -0.2) is 10.8 Å². The Bertz CT molecular complexity index is 469. The molecule has 1 aromatic heterocycles. The largest absolute Gasteiger partial charge is 0.391 e. The van der Waals surface area contributed by atoms with Gasteiger partial charge in [-0.3, -0.25) is 4.79 Å². The number of rotatable bonds is 3. The number of nitrogens with zero attached hydrogens (tertiary/aromatic N) is 1. The van der Waals surface area contributed by atoms with Crippen molar-refractivity contribution in [2.45, 2.75) is 37.8 Å². The molecule has 1 aromatic rings. The van der Waals surface area contributed by atoms with Gasteiger partial charge in [-0.05, 0) is 25.0 Å². The molecule has 2 rings (SSSR count). The van der Waals surface area contributed by atoms with Gasteiger partial charge in [-0.2, -0.15) is 0 Å². The van der Waals surface area contributed by atoms with Crippen molar-refractivity contribution < 1.29 is 9.90 Å². The standard InChI is InChI=1S/C12H17ClN4O2/c13-10-5-7(6-11(16-10)17-14)12(19)15-8-3-1-2-4-9(8)18/h5-6,8-9,18H,1-4,14H2,(H,15,19)(H,16,17). The number of nitrogen functional groups attached to an aromatic ring is 1. The number of halogens is 1. The van der Waals surface area contributed by atoms with E-state index < -0.39 is 6.10 Å². The average Bonchev–Trinajstić information content (AvgIpc) is 2.40. The number of hydrogen-bond donors (Lipinski definition) is 4. The van der Waals surface area contributed by atoms with Gasteiger partial charge in [0.2, 0.25) is 0 Å². The quantitative estimate of drug-likeness (QED) is 0.378. The van der Waals surface area contributed by atoms with Crippen LogP contribution in [0.3, 0.4) is 0 Å². The molecule has 1 saturated carbocycles. The lowest BCUT2D eigenvalue weighted by Crippen LogP contribution is -2.45. The highest BCUT2D eigenvalue weighted by Gasteiger charge is 2.25. The highest BCUT2D eigenvalue weighted by atomic mass is 35.5. The lowest BCUT2D eigenvalue weighted by molar-refractivity contribution is 0.0717. The molecule has 0 radical (unpaired) electrons. The maximum atomic E-state index is 12.1. The van der Waals surface area contributed by atoms with E-state index in [0.717, 1.165) is 25.7 Å². The normalized spacial score (nSPS) is 22.9. The number of hydrogen-bond acceptors (Lipinski definition) is 5. The second-order valence-corrected chi connectivity index (χ2v) is 5.03. The molecule has 1 aliphatic rings. The van der Waals surface area contributed by atoms with Crippen LogP contribution in [0.4, 0.5) is 5.82 Å². The molecule has 0 spiro atoms. The molecule has 0 aromatic carbocycles. The second kappa shape index (κ2) is 6.18. The van der Waals surface area contributed by atoms with Crippen LogP contribution >= 0.6 is 11.6 Å². The summed E-state index contributed by atoms with van der Waals surface area (Å²) in [5.41, 5.74) is 2.72. The summed E-state index contributed by atoms with van der Waals surface area (Å²) in [4.78, 5) is 16.0. The second-order valence-electron chi connectivity index (χ2n) is 4.64. The lowest BCUT2D eigenvalue weighted by atomic mass is 9.92. The van der Waals surface area contributed by atoms with Crippen molar-refractivity contribution in [2.75, 3.05) is 5.43 Å². The van der Waals surface area contributed by atoms with Crippen LogP contribution in [0.2, 0.25) is 5.15 Å². The van der Waals surface area contributed by atoms with Gasteiger partial charge in [0, 0.05) is 5.56 Å². The third-order valence-electron chi connectivity index (χ3n) is 3.25. The number of nitrogens with one attached hydrogen (secondary N) is 2. The Morgan fingerprint density at radius 2 is 2.16 bits per heavy atom. The maximum absolute atomic E-state index is 12.1. The topological polar surface area (TPSA) is 100 Å². The third-order valence-corrected chi connectivity index (χ3v) is 3.44. The minimum absolute atomic E-state index is 0.185. The molecule has 1 amide bonds. The van der Waals surface area contributed by atoms with Crippen LogP contribution in [-0.4, -0.2) is 28.1 Å². The monoisotopic (exact) mass is 284 g/mol. The van der Waals surface area contributed by atoms with Crippen molar-refractivity contribution in [1.29, 1.82) is 0 Å². The highest BCUT2D eigenvalue weighted by molar-refractivity contribution is 6.29. The first-order chi connectivity index (χ1) is 9.10. The number of amides is 1. The summed E-state index contributed by atoms with van der Waals surface area (Å²) < 4.78 is 0. The minimum atomic E-state index is -0.484. The van der Waals surface area contributed by atoms with E-state index in [2.05, 4.69) is 15.7 Å². The molecule has 1 fully saturated rings. The van der Waals surface area contributed by atoms with Crippen molar-refractivity contribution in [2.24, 2.45) is 5.84 Å². The van der Waals surface area contributed by atoms with Gasteiger partial charge in [0.15, 0.2) is 0 Å². The maximum Gasteiger partial charge on any atom is 0.251 e. The van der Waals surface area contributed by atoms with Crippen molar-refractivity contribution in [3.05, 3.63) is 22.8 Å². The van der Waals surface area contributed by atoms with Crippen LogP contribution in [0, 0.1) is 0 Å². The lowest BCUT2D eigenvalue weighted by Gasteiger charge is -2.28. The van der Waals surface area contributed by atoms with E-state index in [1.165, 1.54) is 12.1 Å². The van der Waals surface area contributed by atoms with E-state index in [0.29, 0.717) is 11.4 Å². The Morgan fingerprint density at radius 1 is 1.42 bits per heavy atom. The number of nitrogens with two attached hydrogens (primary N) is 1. The Hall–Kier alpha value is -1.37. The van der Waals surface area contributed by atoms with Gasteiger partial charge < -0.3 is 15.8 Å². The summed E-state index contributed by atoms with van der Waals surface area (Å²) in [6.07, 6.45) is 3.03. The number of aliphatic hydroxyl groups is 1. The van der Waals surface area contributed by atoms with Gasteiger partial charge in [-0.1, -0.05) is 24.4 Å². The van der Waals surface area contributed by atoms with Crippen LogP contribution in [0.5, 0.6) is 0 Å². The fourth-order valence-corrected chi connectivity index (χ4v) is 2.44. The molecular formula is C12H17ClN4O2. The molecule has 2 atom stereocenters. The van der Waals surface area contributed by atoms with E-state index in [1.807, 2.05) is 0 Å². The minimum Gasteiger partial charge on any atom is -0.391 e. The van der Waals surface area contributed by atoms with Crippen molar-refractivity contribution in [1.82, 2.24) is 10.3 Å². The summed E-state index contributed by atoms with van der Waals surface area (Å²) in [5, 5.41) is 12.8. The number of pyridine rings is 1. The molecule has 6 nitrogen and oxygen atoms in total. The Labute approximate surface area is 116 Å². The zero-order valence-electron chi connectivity index (χ0n) is 10.4. The Balaban J connectivity index is 2.08. The summed E-state index contributed by atoms with van der Waals surface area (Å²) >= 11 is 5.81. The molecule has 7 heteroatoms. The van der Waals surface area contributed by atoms with Crippen molar-refractivity contribution in [3.63, 3.8) is 0 Å². The fraction of sp³-hybridized carbons (Fsp3) is 0.500. The zero-order valence-corrected chi connectivity index (χ0v) is 11.2. The number of hydrazine groups is 1. The molecular weight excluding hydrogens is 268 g/mol. The number of carbonyl (C=O) groups is 1.